The van der Waals surface area contributed by atoms with Crippen LogP contribution in [0.1, 0.15) is 73.2 Å². The number of hydrogen-bond acceptors (Lipinski definition) is 4. The molecule has 7 nitrogen and oxygen atoms in total. The molecule has 0 aliphatic heterocycles. The second kappa shape index (κ2) is 11.8. The molecule has 5 aromatic rings. The highest BCUT2D eigenvalue weighted by Crippen LogP contribution is 2.47. The fourth-order valence-electron chi connectivity index (χ4n) is 6.52. The number of pyridine rings is 1. The van der Waals surface area contributed by atoms with Crippen molar-refractivity contribution in [1.82, 2.24) is 14.9 Å². The predicted molar refractivity (Wildman–Crippen MR) is 170 cm³/mol. The Kier molecular flexibility index (Phi) is 7.51. The zero-order chi connectivity index (χ0) is 31.1. The van der Waals surface area contributed by atoms with Crippen LogP contribution in [0, 0.1) is 11.7 Å². The van der Waals surface area contributed by atoms with Gasteiger partial charge in [-0.1, -0.05) is 60.7 Å². The van der Waals surface area contributed by atoms with Crippen molar-refractivity contribution in [2.45, 2.75) is 44.7 Å². The van der Waals surface area contributed by atoms with E-state index in [1.54, 1.807) is 24.4 Å². The van der Waals surface area contributed by atoms with Crippen LogP contribution in [0.5, 0.6) is 0 Å². The molecule has 0 spiro atoms. The number of carboxylic acid groups (broad SMARTS) is 1. The molecular weight excluding hydrogens is 567 g/mol. The topological polar surface area (TPSA) is 110 Å². The maximum atomic E-state index is 14.6. The third-order valence-corrected chi connectivity index (χ3v) is 8.85. The van der Waals surface area contributed by atoms with Crippen LogP contribution in [0.2, 0.25) is 0 Å². The van der Waals surface area contributed by atoms with Gasteiger partial charge in [-0.05, 0) is 90.1 Å². The number of fused-ring (bicyclic) bond motifs is 3. The number of carbonyl (C=O) groups is 2. The van der Waals surface area contributed by atoms with Gasteiger partial charge in [-0.2, -0.15) is 0 Å². The minimum Gasteiger partial charge on any atom is -0.478 e. The first kappa shape index (κ1) is 28.7. The van der Waals surface area contributed by atoms with Gasteiger partial charge in [-0.3, -0.25) is 9.78 Å². The molecule has 1 saturated carbocycles. The van der Waals surface area contributed by atoms with Crippen LogP contribution in [0.3, 0.4) is 0 Å². The first-order valence-corrected chi connectivity index (χ1v) is 15.3. The molecule has 1 unspecified atom stereocenters. The average molecular weight is 601 g/mol. The summed E-state index contributed by atoms with van der Waals surface area (Å²) in [4.78, 5) is 30.7. The summed E-state index contributed by atoms with van der Waals surface area (Å²) in [7, 11) is 0. The molecule has 0 bridgehead atoms. The number of aryl methyl sites for hydroxylation is 1. The van der Waals surface area contributed by atoms with E-state index in [0.717, 1.165) is 36.0 Å². The predicted octanol–water partition coefficient (Wildman–Crippen LogP) is 6.41. The number of nitrogens with two attached hydrogens (primary N) is 1. The Morgan fingerprint density at radius 1 is 0.956 bits per heavy atom. The molecular formula is C37H33FN4O3. The summed E-state index contributed by atoms with van der Waals surface area (Å²) in [6.45, 7) is 0.328. The van der Waals surface area contributed by atoms with E-state index >= 15 is 0 Å². The first-order valence-electron chi connectivity index (χ1n) is 15.3. The van der Waals surface area contributed by atoms with Gasteiger partial charge in [0, 0.05) is 30.0 Å². The summed E-state index contributed by atoms with van der Waals surface area (Å²) >= 11 is 0. The highest BCUT2D eigenvalue weighted by Gasteiger charge is 2.39. The number of nitrogens with one attached hydrogen (secondary N) is 1. The van der Waals surface area contributed by atoms with Crippen molar-refractivity contribution in [3.8, 4) is 16.9 Å². The van der Waals surface area contributed by atoms with Crippen LogP contribution < -0.4 is 11.1 Å². The quantitative estimate of drug-likeness (QED) is 0.181. The number of aromatic carboxylic acids is 1. The van der Waals surface area contributed by atoms with Crippen molar-refractivity contribution >= 4 is 11.9 Å². The summed E-state index contributed by atoms with van der Waals surface area (Å²) in [6, 6.07) is 25.7. The summed E-state index contributed by atoms with van der Waals surface area (Å²) in [6.07, 6.45) is 5.36. The van der Waals surface area contributed by atoms with Crippen LogP contribution in [0.15, 0.2) is 91.1 Å². The number of benzene rings is 3. The standard InChI is InChI=1S/C37H33FN4O3/c38-27-10-5-11-28(18-27)42-34-29(32(37(44)45)35(42)33(39)25-12-13-25)15-14-26-21-40-31(19-30(26)34)36(43)41-20-24-9-4-8-23(17-24)16-22-6-2-1-3-7-22/h1-11,17-19,21,25,33H,12-16,20,39H2,(H,41,43)(H,44,45). The van der Waals surface area contributed by atoms with E-state index in [1.807, 2.05) is 34.9 Å². The van der Waals surface area contributed by atoms with Gasteiger partial charge in [0.1, 0.15) is 11.5 Å². The van der Waals surface area contributed by atoms with Crippen molar-refractivity contribution in [2.24, 2.45) is 11.7 Å². The molecule has 2 heterocycles. The van der Waals surface area contributed by atoms with Gasteiger partial charge < -0.3 is 20.7 Å². The number of hydrogen-bond donors (Lipinski definition) is 3. The number of nitrogens with zero attached hydrogens (tertiary/aromatic N) is 2. The SMILES string of the molecule is NC(c1c(C(=O)O)c2c(n1-c1cccc(F)c1)-c1cc(C(=O)NCc3cccc(Cc4ccccc4)c3)ncc1CC2)C1CC1. The Morgan fingerprint density at radius 3 is 2.47 bits per heavy atom. The van der Waals surface area contributed by atoms with Crippen LogP contribution in [-0.2, 0) is 25.8 Å². The van der Waals surface area contributed by atoms with E-state index in [2.05, 4.69) is 34.6 Å². The van der Waals surface area contributed by atoms with Gasteiger partial charge in [0.15, 0.2) is 0 Å². The number of halogens is 1. The lowest BCUT2D eigenvalue weighted by Gasteiger charge is -2.22. The number of carbonyl (C=O) groups excluding carboxylic acids is 1. The largest absolute Gasteiger partial charge is 0.478 e. The molecule has 226 valence electrons. The molecule has 1 fully saturated rings. The highest BCUT2D eigenvalue weighted by molar-refractivity contribution is 5.97. The maximum Gasteiger partial charge on any atom is 0.337 e. The van der Waals surface area contributed by atoms with Crippen molar-refractivity contribution in [2.75, 3.05) is 0 Å². The molecule has 0 saturated heterocycles. The molecule has 4 N–H and O–H groups in total. The van der Waals surface area contributed by atoms with Crippen LogP contribution in [0.25, 0.3) is 16.9 Å². The zero-order valence-electron chi connectivity index (χ0n) is 24.7. The van der Waals surface area contributed by atoms with Gasteiger partial charge in [-0.15, -0.1) is 0 Å². The molecule has 2 aromatic heterocycles. The average Bonchev–Trinajstić information content (AvgIpc) is 3.84. The maximum absolute atomic E-state index is 14.6. The molecule has 3 aromatic carbocycles. The Hall–Kier alpha value is -5.08. The van der Waals surface area contributed by atoms with Gasteiger partial charge >= 0.3 is 5.97 Å². The van der Waals surface area contributed by atoms with E-state index in [4.69, 9.17) is 5.73 Å². The number of carboxylic acids is 1. The molecule has 7 rings (SSSR count). The van der Waals surface area contributed by atoms with E-state index in [1.165, 1.54) is 17.7 Å². The lowest BCUT2D eigenvalue weighted by molar-refractivity contribution is 0.0693. The van der Waals surface area contributed by atoms with Gasteiger partial charge in [0.05, 0.1) is 17.0 Å². The summed E-state index contributed by atoms with van der Waals surface area (Å²) in [5.41, 5.74) is 14.3. The Labute approximate surface area is 260 Å². The molecule has 45 heavy (non-hydrogen) atoms. The Morgan fingerprint density at radius 2 is 1.71 bits per heavy atom. The Bertz CT molecular complexity index is 1930. The van der Waals surface area contributed by atoms with Crippen molar-refractivity contribution in [3.05, 3.63) is 142 Å². The smallest absolute Gasteiger partial charge is 0.337 e. The molecule has 8 heteroatoms. The van der Waals surface area contributed by atoms with Gasteiger partial charge in [0.2, 0.25) is 0 Å². The van der Waals surface area contributed by atoms with Gasteiger partial charge in [0.25, 0.3) is 5.91 Å². The molecule has 1 atom stereocenters. The Balaban J connectivity index is 1.23. The monoisotopic (exact) mass is 600 g/mol. The molecule has 2 aliphatic carbocycles. The summed E-state index contributed by atoms with van der Waals surface area (Å²) < 4.78 is 16.4. The highest BCUT2D eigenvalue weighted by atomic mass is 19.1. The van der Waals surface area contributed by atoms with Crippen molar-refractivity contribution < 1.29 is 19.1 Å². The van der Waals surface area contributed by atoms with Crippen molar-refractivity contribution in [3.63, 3.8) is 0 Å². The third kappa shape index (κ3) is 5.65. The number of rotatable bonds is 9. The minimum atomic E-state index is -1.06. The van der Waals surface area contributed by atoms with E-state index in [9.17, 15) is 19.1 Å². The van der Waals surface area contributed by atoms with Crippen LogP contribution in [-0.4, -0.2) is 26.5 Å². The van der Waals surface area contributed by atoms with E-state index in [0.29, 0.717) is 47.6 Å². The third-order valence-electron chi connectivity index (χ3n) is 8.85. The fourth-order valence-corrected chi connectivity index (χ4v) is 6.52. The lowest BCUT2D eigenvalue weighted by atomic mass is 9.88. The zero-order valence-corrected chi connectivity index (χ0v) is 24.7. The van der Waals surface area contributed by atoms with E-state index < -0.39 is 17.8 Å². The van der Waals surface area contributed by atoms with Crippen molar-refractivity contribution in [1.29, 1.82) is 0 Å². The number of aromatic nitrogens is 2. The normalized spacial score (nSPS) is 14.4. The lowest BCUT2D eigenvalue weighted by Crippen LogP contribution is -2.24. The fraction of sp³-hybridized carbons (Fsp3) is 0.216. The summed E-state index contributed by atoms with van der Waals surface area (Å²) in [5.74, 6) is -1.67. The van der Waals surface area contributed by atoms with Crippen LogP contribution in [0.4, 0.5) is 4.39 Å². The first-order chi connectivity index (χ1) is 21.9. The molecule has 1 amide bonds. The second-order valence-electron chi connectivity index (χ2n) is 12.0. The number of amides is 1. The van der Waals surface area contributed by atoms with Gasteiger partial charge in [-0.25, -0.2) is 9.18 Å². The second-order valence-corrected chi connectivity index (χ2v) is 12.0. The molecule has 0 radical (unpaired) electrons. The minimum absolute atomic E-state index is 0.163. The summed E-state index contributed by atoms with van der Waals surface area (Å²) in [5, 5.41) is 13.4. The van der Waals surface area contributed by atoms with Crippen LogP contribution >= 0.6 is 0 Å². The molecule has 2 aliphatic rings. The van der Waals surface area contributed by atoms with E-state index in [-0.39, 0.29) is 23.1 Å².